The van der Waals surface area contributed by atoms with E-state index < -0.39 is 5.60 Å². The number of aliphatic hydroxyl groups is 2. The summed E-state index contributed by atoms with van der Waals surface area (Å²) < 4.78 is 5.34. The van der Waals surface area contributed by atoms with Crippen molar-refractivity contribution in [3.8, 4) is 0 Å². The lowest BCUT2D eigenvalue weighted by Crippen LogP contribution is -2.53. The Labute approximate surface area is 172 Å². The molecule has 3 heteroatoms. The van der Waals surface area contributed by atoms with E-state index in [-0.39, 0.29) is 6.10 Å². The van der Waals surface area contributed by atoms with Crippen LogP contribution in [0.15, 0.2) is 0 Å². The van der Waals surface area contributed by atoms with Gasteiger partial charge in [-0.05, 0) is 118 Å². The Kier molecular flexibility index (Phi) is 5.92. The number of rotatable bonds is 5. The van der Waals surface area contributed by atoms with E-state index in [4.69, 9.17) is 4.74 Å². The summed E-state index contributed by atoms with van der Waals surface area (Å²) in [6.07, 6.45) is 12.1. The van der Waals surface area contributed by atoms with Crippen molar-refractivity contribution in [2.24, 2.45) is 46.8 Å². The highest BCUT2D eigenvalue weighted by molar-refractivity contribution is 5.09. The van der Waals surface area contributed by atoms with Gasteiger partial charge in [0.2, 0.25) is 0 Å². The van der Waals surface area contributed by atoms with Crippen LogP contribution in [0, 0.1) is 46.8 Å². The van der Waals surface area contributed by atoms with Crippen molar-refractivity contribution in [1.82, 2.24) is 0 Å². The van der Waals surface area contributed by atoms with Crippen LogP contribution in [0.3, 0.4) is 0 Å². The molecule has 4 saturated carbocycles. The molecule has 4 aliphatic rings. The van der Waals surface area contributed by atoms with Crippen molar-refractivity contribution in [3.63, 3.8) is 0 Å². The maximum atomic E-state index is 10.9. The van der Waals surface area contributed by atoms with Crippen molar-refractivity contribution in [2.45, 2.75) is 96.7 Å². The van der Waals surface area contributed by atoms with Crippen molar-refractivity contribution in [2.75, 3.05) is 13.7 Å². The summed E-state index contributed by atoms with van der Waals surface area (Å²) in [6, 6.07) is 0. The SMILES string of the molecule is COC[C@]1(O)CC[C@H]2[C@H](CC[C@@H]3[C@@H]2CC[C@]2(CC(C)C)[C@@H]([C@@H](C)O)CC[C@@H]32)C1. The minimum absolute atomic E-state index is 0.157. The van der Waals surface area contributed by atoms with Crippen LogP contribution in [0.5, 0.6) is 0 Å². The molecule has 0 heterocycles. The van der Waals surface area contributed by atoms with Crippen molar-refractivity contribution in [1.29, 1.82) is 0 Å². The van der Waals surface area contributed by atoms with E-state index in [1.165, 1.54) is 51.4 Å². The highest BCUT2D eigenvalue weighted by Gasteiger charge is 2.60. The Balaban J connectivity index is 1.54. The zero-order valence-corrected chi connectivity index (χ0v) is 18.7. The molecule has 162 valence electrons. The molecule has 0 aromatic carbocycles. The third kappa shape index (κ3) is 3.48. The first-order valence-corrected chi connectivity index (χ1v) is 12.2. The normalized spacial score (nSPS) is 49.4. The maximum Gasteiger partial charge on any atom is 0.0882 e. The summed E-state index contributed by atoms with van der Waals surface area (Å²) in [5.41, 5.74) is -0.189. The molecule has 4 rings (SSSR count). The van der Waals surface area contributed by atoms with Crippen molar-refractivity contribution in [3.05, 3.63) is 0 Å². The zero-order valence-electron chi connectivity index (χ0n) is 18.7. The van der Waals surface area contributed by atoms with Crippen LogP contribution in [-0.2, 0) is 4.74 Å². The fourth-order valence-corrected chi connectivity index (χ4v) is 9.10. The van der Waals surface area contributed by atoms with E-state index in [0.29, 0.717) is 29.8 Å². The Morgan fingerprint density at radius 3 is 2.36 bits per heavy atom. The largest absolute Gasteiger partial charge is 0.393 e. The van der Waals surface area contributed by atoms with Gasteiger partial charge in [-0.25, -0.2) is 0 Å². The summed E-state index contributed by atoms with van der Waals surface area (Å²) in [6.45, 7) is 7.31. The molecular weight excluding hydrogens is 348 g/mol. The van der Waals surface area contributed by atoms with Crippen LogP contribution in [0.4, 0.5) is 0 Å². The quantitative estimate of drug-likeness (QED) is 0.689. The maximum absolute atomic E-state index is 10.9. The van der Waals surface area contributed by atoms with Gasteiger partial charge in [0.15, 0.2) is 0 Å². The Morgan fingerprint density at radius 1 is 0.929 bits per heavy atom. The third-order valence-electron chi connectivity index (χ3n) is 9.67. The molecule has 28 heavy (non-hydrogen) atoms. The van der Waals surface area contributed by atoms with Gasteiger partial charge in [-0.3, -0.25) is 0 Å². The lowest BCUT2D eigenvalue weighted by atomic mass is 9.47. The fourth-order valence-electron chi connectivity index (χ4n) is 9.10. The summed E-state index contributed by atoms with van der Waals surface area (Å²) in [7, 11) is 1.72. The number of methoxy groups -OCH3 is 1. The van der Waals surface area contributed by atoms with Crippen LogP contribution < -0.4 is 0 Å². The standard InChI is InChI=1S/C25H44O3/c1-16(2)13-25-12-10-20-19-9-11-24(27,15-28-4)14-18(19)5-6-21(20)23(25)8-7-22(25)17(3)26/h16-23,26-27H,5-15H2,1-4H3/t17-,18-,19+,20-,21-,22-,23+,24+,25+/m1/s1. The third-order valence-corrected chi connectivity index (χ3v) is 9.67. The van der Waals surface area contributed by atoms with Crippen LogP contribution in [0.2, 0.25) is 0 Å². The molecule has 0 aliphatic heterocycles. The van der Waals surface area contributed by atoms with Gasteiger partial charge in [-0.2, -0.15) is 0 Å². The second kappa shape index (κ2) is 7.85. The van der Waals surface area contributed by atoms with E-state index in [1.807, 2.05) is 0 Å². The molecule has 3 nitrogen and oxygen atoms in total. The first kappa shape index (κ1) is 21.1. The smallest absolute Gasteiger partial charge is 0.0882 e. The van der Waals surface area contributed by atoms with Gasteiger partial charge >= 0.3 is 0 Å². The van der Waals surface area contributed by atoms with Crippen LogP contribution in [-0.4, -0.2) is 35.6 Å². The molecule has 0 unspecified atom stereocenters. The van der Waals surface area contributed by atoms with Gasteiger partial charge in [0.1, 0.15) is 0 Å². The molecule has 0 aromatic rings. The molecule has 0 spiro atoms. The lowest BCUT2D eigenvalue weighted by Gasteiger charge is -2.58. The van der Waals surface area contributed by atoms with Crippen molar-refractivity contribution >= 4 is 0 Å². The number of hydrogen-bond donors (Lipinski definition) is 2. The number of fused-ring (bicyclic) bond motifs is 5. The fraction of sp³-hybridized carbons (Fsp3) is 1.00. The minimum atomic E-state index is -0.580. The molecule has 9 atom stereocenters. The number of aliphatic hydroxyl groups excluding tert-OH is 1. The molecule has 0 saturated heterocycles. The lowest BCUT2D eigenvalue weighted by molar-refractivity contribution is -0.133. The van der Waals surface area contributed by atoms with Crippen molar-refractivity contribution < 1.29 is 14.9 Å². The molecule has 0 radical (unpaired) electrons. The second-order valence-electron chi connectivity index (χ2n) is 11.6. The molecule has 0 aromatic heterocycles. The monoisotopic (exact) mass is 392 g/mol. The predicted molar refractivity (Wildman–Crippen MR) is 113 cm³/mol. The number of ether oxygens (including phenoxy) is 1. The van der Waals surface area contributed by atoms with Gasteiger partial charge in [0.25, 0.3) is 0 Å². The van der Waals surface area contributed by atoms with Crippen LogP contribution >= 0.6 is 0 Å². The molecule has 4 fully saturated rings. The first-order chi connectivity index (χ1) is 13.3. The minimum Gasteiger partial charge on any atom is -0.393 e. The van der Waals surface area contributed by atoms with Gasteiger partial charge in [0, 0.05) is 7.11 Å². The molecule has 0 amide bonds. The average molecular weight is 393 g/mol. The average Bonchev–Trinajstić information content (AvgIpc) is 2.99. The highest BCUT2D eigenvalue weighted by Crippen LogP contribution is 2.67. The van der Waals surface area contributed by atoms with Gasteiger partial charge in [-0.1, -0.05) is 13.8 Å². The van der Waals surface area contributed by atoms with Crippen LogP contribution in [0.1, 0.15) is 85.0 Å². The second-order valence-corrected chi connectivity index (χ2v) is 11.6. The Hall–Kier alpha value is -0.120. The highest BCUT2D eigenvalue weighted by atomic mass is 16.5. The summed E-state index contributed by atoms with van der Waals surface area (Å²) in [5.74, 6) is 5.30. The topological polar surface area (TPSA) is 49.7 Å². The summed E-state index contributed by atoms with van der Waals surface area (Å²) in [4.78, 5) is 0. The summed E-state index contributed by atoms with van der Waals surface area (Å²) >= 11 is 0. The van der Waals surface area contributed by atoms with E-state index in [1.54, 1.807) is 7.11 Å². The van der Waals surface area contributed by atoms with Gasteiger partial charge in [0.05, 0.1) is 18.3 Å². The molecular formula is C25H44O3. The molecule has 2 N–H and O–H groups in total. The number of hydrogen-bond acceptors (Lipinski definition) is 3. The zero-order chi connectivity index (χ0) is 20.1. The first-order valence-electron chi connectivity index (χ1n) is 12.2. The predicted octanol–water partition coefficient (Wildman–Crippen LogP) is 5.04. The van der Waals surface area contributed by atoms with Crippen LogP contribution in [0.25, 0.3) is 0 Å². The van der Waals surface area contributed by atoms with E-state index in [9.17, 15) is 10.2 Å². The molecule has 0 bridgehead atoms. The molecule has 4 aliphatic carbocycles. The van der Waals surface area contributed by atoms with E-state index in [2.05, 4.69) is 20.8 Å². The van der Waals surface area contributed by atoms with E-state index >= 15 is 0 Å². The van der Waals surface area contributed by atoms with Gasteiger partial charge < -0.3 is 14.9 Å². The summed E-state index contributed by atoms with van der Waals surface area (Å²) in [5, 5.41) is 21.6. The Morgan fingerprint density at radius 2 is 1.68 bits per heavy atom. The van der Waals surface area contributed by atoms with E-state index in [0.717, 1.165) is 36.5 Å². The Bertz CT molecular complexity index is 546. The van der Waals surface area contributed by atoms with Gasteiger partial charge in [-0.15, -0.1) is 0 Å².